The summed E-state index contributed by atoms with van der Waals surface area (Å²) in [6.45, 7) is 4.39. The molecule has 0 aliphatic carbocycles. The number of phenolic OH excluding ortho intramolecular Hbond substituents is 1. The number of aromatic hydroxyl groups is 1. The molecule has 1 aromatic heterocycles. The molecule has 1 aliphatic heterocycles. The van der Waals surface area contributed by atoms with Crippen LogP contribution in [0.2, 0.25) is 0 Å². The molecule has 0 saturated carbocycles. The molecule has 0 spiro atoms. The number of nitrogens with zero attached hydrogens (tertiary/aromatic N) is 2. The summed E-state index contributed by atoms with van der Waals surface area (Å²) in [6, 6.07) is 13.9. The SMILES string of the molecule is C[C@H](C(=O)c1c[nH]c2ccccc12)N1CCN(C(=O)c2ccc(O)cc2)CC1. The van der Waals surface area contributed by atoms with E-state index in [9.17, 15) is 14.7 Å². The monoisotopic (exact) mass is 377 g/mol. The topological polar surface area (TPSA) is 76.6 Å². The quantitative estimate of drug-likeness (QED) is 0.686. The van der Waals surface area contributed by atoms with Crippen LogP contribution < -0.4 is 0 Å². The Hall–Kier alpha value is -3.12. The summed E-state index contributed by atoms with van der Waals surface area (Å²) in [5, 5.41) is 10.3. The molecule has 2 heterocycles. The van der Waals surface area contributed by atoms with Crippen molar-refractivity contribution in [3.05, 3.63) is 65.9 Å². The second-order valence-corrected chi connectivity index (χ2v) is 7.16. The minimum Gasteiger partial charge on any atom is -0.508 e. The standard InChI is InChI=1S/C22H23N3O3/c1-15(21(27)19-14-23-20-5-3-2-4-18(19)20)24-10-12-25(13-11-24)22(28)16-6-8-17(26)9-7-16/h2-9,14-15,23,26H,10-13H2,1H3/t15-/m1/s1. The van der Waals surface area contributed by atoms with Gasteiger partial charge in [-0.15, -0.1) is 0 Å². The second kappa shape index (κ2) is 7.48. The van der Waals surface area contributed by atoms with Gasteiger partial charge in [-0.3, -0.25) is 14.5 Å². The third-order valence-electron chi connectivity index (χ3n) is 5.50. The molecule has 0 radical (unpaired) electrons. The van der Waals surface area contributed by atoms with E-state index in [0.717, 1.165) is 10.9 Å². The number of hydrogen-bond acceptors (Lipinski definition) is 4. The van der Waals surface area contributed by atoms with E-state index in [1.807, 2.05) is 31.2 Å². The van der Waals surface area contributed by atoms with Gasteiger partial charge >= 0.3 is 0 Å². The zero-order valence-electron chi connectivity index (χ0n) is 15.8. The Morgan fingerprint density at radius 2 is 1.68 bits per heavy atom. The summed E-state index contributed by atoms with van der Waals surface area (Å²) in [5.74, 6) is 0.192. The normalized spacial score (nSPS) is 16.2. The number of para-hydroxylation sites is 1. The molecule has 6 nitrogen and oxygen atoms in total. The van der Waals surface area contributed by atoms with Crippen LogP contribution in [0.15, 0.2) is 54.7 Å². The molecule has 2 aromatic carbocycles. The van der Waals surface area contributed by atoms with Crippen LogP contribution >= 0.6 is 0 Å². The fraction of sp³-hybridized carbons (Fsp3) is 0.273. The summed E-state index contributed by atoms with van der Waals surface area (Å²) in [6.07, 6.45) is 1.79. The Morgan fingerprint density at radius 1 is 1.00 bits per heavy atom. The molecule has 6 heteroatoms. The van der Waals surface area contributed by atoms with E-state index in [1.54, 1.807) is 23.2 Å². The van der Waals surface area contributed by atoms with Crippen molar-refractivity contribution in [1.29, 1.82) is 0 Å². The number of carbonyl (C=O) groups excluding carboxylic acids is 2. The molecule has 1 fully saturated rings. The lowest BCUT2D eigenvalue weighted by atomic mass is 10.0. The first-order chi connectivity index (χ1) is 13.5. The van der Waals surface area contributed by atoms with Gasteiger partial charge in [0, 0.05) is 54.4 Å². The number of benzene rings is 2. The highest BCUT2D eigenvalue weighted by molar-refractivity contribution is 6.10. The molecule has 3 aromatic rings. The van der Waals surface area contributed by atoms with E-state index in [4.69, 9.17) is 0 Å². The van der Waals surface area contributed by atoms with Crippen molar-refractivity contribution in [2.24, 2.45) is 0 Å². The smallest absolute Gasteiger partial charge is 0.253 e. The van der Waals surface area contributed by atoms with Crippen LogP contribution in [0.3, 0.4) is 0 Å². The van der Waals surface area contributed by atoms with Crippen molar-refractivity contribution in [2.75, 3.05) is 26.2 Å². The largest absolute Gasteiger partial charge is 0.508 e. The molecule has 28 heavy (non-hydrogen) atoms. The van der Waals surface area contributed by atoms with Gasteiger partial charge < -0.3 is 15.0 Å². The van der Waals surface area contributed by atoms with Crippen LogP contribution in [0, 0.1) is 0 Å². The average Bonchev–Trinajstić information content (AvgIpc) is 3.17. The van der Waals surface area contributed by atoms with E-state index in [2.05, 4.69) is 9.88 Å². The summed E-state index contributed by atoms with van der Waals surface area (Å²) < 4.78 is 0. The van der Waals surface area contributed by atoms with Crippen molar-refractivity contribution in [3.63, 3.8) is 0 Å². The van der Waals surface area contributed by atoms with E-state index in [0.29, 0.717) is 37.3 Å². The lowest BCUT2D eigenvalue weighted by Crippen LogP contribution is -2.53. The van der Waals surface area contributed by atoms with E-state index in [1.165, 1.54) is 12.1 Å². The molecule has 1 aliphatic rings. The zero-order valence-corrected chi connectivity index (χ0v) is 15.8. The highest BCUT2D eigenvalue weighted by Gasteiger charge is 2.29. The Balaban J connectivity index is 1.41. The van der Waals surface area contributed by atoms with Gasteiger partial charge in [-0.2, -0.15) is 0 Å². The van der Waals surface area contributed by atoms with Crippen molar-refractivity contribution >= 4 is 22.6 Å². The van der Waals surface area contributed by atoms with Gasteiger partial charge in [0.15, 0.2) is 5.78 Å². The first-order valence-corrected chi connectivity index (χ1v) is 9.47. The number of nitrogens with one attached hydrogen (secondary N) is 1. The number of phenols is 1. The predicted molar refractivity (Wildman–Crippen MR) is 108 cm³/mol. The number of hydrogen-bond donors (Lipinski definition) is 2. The van der Waals surface area contributed by atoms with Crippen molar-refractivity contribution in [2.45, 2.75) is 13.0 Å². The Kier molecular flexibility index (Phi) is 4.88. The average molecular weight is 377 g/mol. The third kappa shape index (κ3) is 3.39. The first-order valence-electron chi connectivity index (χ1n) is 9.47. The fourth-order valence-electron chi connectivity index (χ4n) is 3.77. The van der Waals surface area contributed by atoms with Gasteiger partial charge in [0.05, 0.1) is 6.04 Å². The van der Waals surface area contributed by atoms with Crippen LogP contribution in [0.5, 0.6) is 5.75 Å². The van der Waals surface area contributed by atoms with Gasteiger partial charge in [0.2, 0.25) is 0 Å². The molecule has 0 unspecified atom stereocenters. The number of piperazine rings is 1. The maximum Gasteiger partial charge on any atom is 0.253 e. The fourth-order valence-corrected chi connectivity index (χ4v) is 3.77. The Morgan fingerprint density at radius 3 is 2.39 bits per heavy atom. The highest BCUT2D eigenvalue weighted by Crippen LogP contribution is 2.21. The number of aromatic amines is 1. The van der Waals surface area contributed by atoms with Gasteiger partial charge in [0.1, 0.15) is 5.75 Å². The molecule has 1 amide bonds. The molecule has 4 rings (SSSR count). The Bertz CT molecular complexity index is 1000. The summed E-state index contributed by atoms with van der Waals surface area (Å²) >= 11 is 0. The number of fused-ring (bicyclic) bond motifs is 1. The van der Waals surface area contributed by atoms with Gasteiger partial charge in [-0.05, 0) is 37.3 Å². The molecule has 1 saturated heterocycles. The molecule has 1 atom stereocenters. The number of ketones is 1. The summed E-state index contributed by atoms with van der Waals surface area (Å²) in [7, 11) is 0. The zero-order chi connectivity index (χ0) is 19.7. The maximum absolute atomic E-state index is 13.0. The number of carbonyl (C=O) groups is 2. The number of rotatable bonds is 4. The third-order valence-corrected chi connectivity index (χ3v) is 5.50. The minimum absolute atomic E-state index is 0.0461. The summed E-state index contributed by atoms with van der Waals surface area (Å²) in [5.41, 5.74) is 2.24. The van der Waals surface area contributed by atoms with E-state index >= 15 is 0 Å². The van der Waals surface area contributed by atoms with Crippen LogP contribution in [-0.4, -0.2) is 63.8 Å². The highest BCUT2D eigenvalue weighted by atomic mass is 16.3. The Labute approximate surface area is 163 Å². The van der Waals surface area contributed by atoms with Crippen LogP contribution in [0.1, 0.15) is 27.6 Å². The molecular formula is C22H23N3O3. The number of H-pyrrole nitrogens is 1. The van der Waals surface area contributed by atoms with Gasteiger partial charge in [0.25, 0.3) is 5.91 Å². The summed E-state index contributed by atoms with van der Waals surface area (Å²) in [4.78, 5) is 32.7. The first kappa shape index (κ1) is 18.3. The molecule has 2 N–H and O–H groups in total. The lowest BCUT2D eigenvalue weighted by Gasteiger charge is -2.37. The predicted octanol–water partition coefficient (Wildman–Crippen LogP) is 2.90. The van der Waals surface area contributed by atoms with Crippen molar-refractivity contribution in [3.8, 4) is 5.75 Å². The van der Waals surface area contributed by atoms with Crippen molar-refractivity contribution in [1.82, 2.24) is 14.8 Å². The number of Topliss-reactive ketones (excluding diaryl/α,β-unsaturated/α-hetero) is 1. The second-order valence-electron chi connectivity index (χ2n) is 7.16. The van der Waals surface area contributed by atoms with E-state index in [-0.39, 0.29) is 23.5 Å². The van der Waals surface area contributed by atoms with Gasteiger partial charge in [-0.1, -0.05) is 18.2 Å². The van der Waals surface area contributed by atoms with Crippen molar-refractivity contribution < 1.29 is 14.7 Å². The molecule has 0 bridgehead atoms. The van der Waals surface area contributed by atoms with Gasteiger partial charge in [-0.25, -0.2) is 0 Å². The number of amides is 1. The lowest BCUT2D eigenvalue weighted by molar-refractivity contribution is 0.0552. The van der Waals surface area contributed by atoms with Crippen LogP contribution in [0.25, 0.3) is 10.9 Å². The van der Waals surface area contributed by atoms with E-state index < -0.39 is 0 Å². The maximum atomic E-state index is 13.0. The van der Waals surface area contributed by atoms with Crippen LogP contribution in [-0.2, 0) is 0 Å². The van der Waals surface area contributed by atoms with Crippen LogP contribution in [0.4, 0.5) is 0 Å². The molecular weight excluding hydrogens is 354 g/mol. The number of aromatic nitrogens is 1. The molecule has 144 valence electrons. The minimum atomic E-state index is -0.245.